The van der Waals surface area contributed by atoms with Crippen LogP contribution in [0.4, 0.5) is 5.69 Å². The van der Waals surface area contributed by atoms with Crippen LogP contribution in [0, 0.1) is 13.8 Å². The normalized spacial score (nSPS) is 10.9. The summed E-state index contributed by atoms with van der Waals surface area (Å²) in [4.78, 5) is 17.6. The molecule has 0 atom stereocenters. The van der Waals surface area contributed by atoms with Crippen molar-refractivity contribution in [2.45, 2.75) is 13.8 Å². The highest BCUT2D eigenvalue weighted by Gasteiger charge is 2.19. The van der Waals surface area contributed by atoms with E-state index in [2.05, 4.69) is 10.3 Å². The van der Waals surface area contributed by atoms with Crippen molar-refractivity contribution in [1.29, 1.82) is 0 Å². The summed E-state index contributed by atoms with van der Waals surface area (Å²) in [5, 5.41) is 3.40. The Balaban J connectivity index is 1.73. The van der Waals surface area contributed by atoms with Gasteiger partial charge in [-0.1, -0.05) is 23.2 Å². The molecule has 0 aliphatic carbocycles. The maximum absolute atomic E-state index is 13.0. The minimum atomic E-state index is -0.453. The van der Waals surface area contributed by atoms with Crippen molar-refractivity contribution in [2.75, 3.05) is 19.5 Å². The van der Waals surface area contributed by atoms with Crippen LogP contribution < -0.4 is 14.8 Å². The van der Waals surface area contributed by atoms with E-state index in [0.717, 1.165) is 16.6 Å². The lowest BCUT2D eigenvalue weighted by molar-refractivity contribution is 0.102. The zero-order valence-electron chi connectivity index (χ0n) is 17.9. The molecule has 0 radical (unpaired) electrons. The molecule has 0 fully saturated rings. The van der Waals surface area contributed by atoms with Crippen LogP contribution in [0.15, 0.2) is 46.9 Å². The first-order valence-corrected chi connectivity index (χ1v) is 10.5. The molecule has 0 bridgehead atoms. The molecule has 0 aliphatic heterocycles. The molecular formula is C24H20Cl2N2O4. The highest BCUT2D eigenvalue weighted by Crippen LogP contribution is 2.35. The average molecular weight is 471 g/mol. The number of aryl methyl sites for hydroxylation is 2. The van der Waals surface area contributed by atoms with E-state index in [9.17, 15) is 4.79 Å². The standard InChI is InChI=1S/C24H20Cl2N2O4/c1-12-7-18-21(8-13(12)2)32-24(28-18)14-5-6-20(30-3)19(9-14)27-23(29)16-10-15(25)11-17(26)22(16)31-4/h5-11H,1-4H3,(H,27,29). The fourth-order valence-electron chi connectivity index (χ4n) is 3.37. The number of fused-ring (bicyclic) bond motifs is 1. The first-order valence-electron chi connectivity index (χ1n) is 9.71. The van der Waals surface area contributed by atoms with Gasteiger partial charge in [0.05, 0.1) is 30.5 Å². The van der Waals surface area contributed by atoms with Crippen LogP contribution in [0.1, 0.15) is 21.5 Å². The molecule has 0 saturated carbocycles. The number of nitrogens with zero attached hydrogens (tertiary/aromatic N) is 1. The summed E-state index contributed by atoms with van der Waals surface area (Å²) in [6.45, 7) is 4.05. The second-order valence-corrected chi connectivity index (χ2v) is 8.10. The molecule has 32 heavy (non-hydrogen) atoms. The lowest BCUT2D eigenvalue weighted by atomic mass is 10.1. The van der Waals surface area contributed by atoms with Gasteiger partial charge in [0.15, 0.2) is 5.58 Å². The van der Waals surface area contributed by atoms with Crippen molar-refractivity contribution >= 4 is 45.9 Å². The predicted molar refractivity (Wildman–Crippen MR) is 126 cm³/mol. The van der Waals surface area contributed by atoms with E-state index in [4.69, 9.17) is 37.1 Å². The summed E-state index contributed by atoms with van der Waals surface area (Å²) in [5.74, 6) is 0.683. The highest BCUT2D eigenvalue weighted by atomic mass is 35.5. The number of hydrogen-bond acceptors (Lipinski definition) is 5. The molecule has 6 nitrogen and oxygen atoms in total. The van der Waals surface area contributed by atoms with Crippen LogP contribution in [0.5, 0.6) is 11.5 Å². The summed E-state index contributed by atoms with van der Waals surface area (Å²) in [7, 11) is 2.95. The lowest BCUT2D eigenvalue weighted by Crippen LogP contribution is -2.14. The van der Waals surface area contributed by atoms with Crippen molar-refractivity contribution in [1.82, 2.24) is 4.98 Å². The maximum atomic E-state index is 13.0. The Kier molecular flexibility index (Phi) is 6.00. The summed E-state index contributed by atoms with van der Waals surface area (Å²) < 4.78 is 16.7. The predicted octanol–water partition coefficient (Wildman–Crippen LogP) is 6.69. The third-order valence-electron chi connectivity index (χ3n) is 5.16. The van der Waals surface area contributed by atoms with Crippen LogP contribution >= 0.6 is 23.2 Å². The molecule has 0 saturated heterocycles. The number of carbonyl (C=O) groups is 1. The van der Waals surface area contributed by atoms with Gasteiger partial charge in [-0.2, -0.15) is 0 Å². The first kappa shape index (κ1) is 22.0. The van der Waals surface area contributed by atoms with Gasteiger partial charge in [-0.15, -0.1) is 0 Å². The van der Waals surface area contributed by atoms with Crippen LogP contribution in [0.3, 0.4) is 0 Å². The monoisotopic (exact) mass is 470 g/mol. The average Bonchev–Trinajstić information content (AvgIpc) is 3.16. The number of anilines is 1. The fourth-order valence-corrected chi connectivity index (χ4v) is 3.94. The molecule has 164 valence electrons. The number of methoxy groups -OCH3 is 2. The Bertz CT molecular complexity index is 1310. The van der Waals surface area contributed by atoms with Gasteiger partial charge in [0.2, 0.25) is 5.89 Å². The fraction of sp³-hybridized carbons (Fsp3) is 0.167. The highest BCUT2D eigenvalue weighted by molar-refractivity contribution is 6.36. The van der Waals surface area contributed by atoms with E-state index in [-0.39, 0.29) is 16.3 Å². The van der Waals surface area contributed by atoms with E-state index in [1.54, 1.807) is 12.1 Å². The number of benzene rings is 3. The van der Waals surface area contributed by atoms with Crippen LogP contribution in [0.25, 0.3) is 22.6 Å². The SMILES string of the molecule is COc1ccc(-c2nc3cc(C)c(C)cc3o2)cc1NC(=O)c1cc(Cl)cc(Cl)c1OC. The molecule has 0 unspecified atom stereocenters. The van der Waals surface area contributed by atoms with E-state index in [1.165, 1.54) is 26.4 Å². The number of amides is 1. The zero-order chi connectivity index (χ0) is 23.0. The molecule has 1 heterocycles. The molecular weight excluding hydrogens is 451 g/mol. The lowest BCUT2D eigenvalue weighted by Gasteiger charge is -2.14. The van der Waals surface area contributed by atoms with E-state index in [1.807, 2.05) is 32.0 Å². The maximum Gasteiger partial charge on any atom is 0.259 e. The Morgan fingerprint density at radius 1 is 1.00 bits per heavy atom. The van der Waals surface area contributed by atoms with Crippen LogP contribution in [0.2, 0.25) is 10.0 Å². The number of hydrogen-bond donors (Lipinski definition) is 1. The molecule has 1 amide bonds. The smallest absolute Gasteiger partial charge is 0.259 e. The minimum absolute atomic E-state index is 0.199. The second kappa shape index (κ2) is 8.73. The second-order valence-electron chi connectivity index (χ2n) is 7.26. The number of rotatable bonds is 5. The quantitative estimate of drug-likeness (QED) is 0.351. The van der Waals surface area contributed by atoms with Gasteiger partial charge in [-0.25, -0.2) is 4.98 Å². The Hall–Kier alpha value is -3.22. The molecule has 3 aromatic carbocycles. The van der Waals surface area contributed by atoms with Gasteiger partial charge in [0, 0.05) is 10.6 Å². The third-order valence-corrected chi connectivity index (χ3v) is 5.65. The number of aromatic nitrogens is 1. The third kappa shape index (κ3) is 4.11. The van der Waals surface area contributed by atoms with Gasteiger partial charge < -0.3 is 19.2 Å². The Morgan fingerprint density at radius 3 is 2.47 bits per heavy atom. The van der Waals surface area contributed by atoms with E-state index >= 15 is 0 Å². The van der Waals surface area contributed by atoms with E-state index in [0.29, 0.717) is 33.5 Å². The van der Waals surface area contributed by atoms with Crippen LogP contribution in [-0.2, 0) is 0 Å². The molecule has 4 aromatic rings. The number of ether oxygens (including phenoxy) is 2. The Morgan fingerprint density at radius 2 is 1.75 bits per heavy atom. The van der Waals surface area contributed by atoms with Gasteiger partial charge in [-0.3, -0.25) is 4.79 Å². The largest absolute Gasteiger partial charge is 0.495 e. The molecule has 8 heteroatoms. The molecule has 0 spiro atoms. The van der Waals surface area contributed by atoms with Crippen molar-refractivity contribution in [3.05, 3.63) is 69.2 Å². The molecule has 4 rings (SSSR count). The summed E-state index contributed by atoms with van der Waals surface area (Å²) in [5.41, 5.74) is 5.04. The van der Waals surface area contributed by atoms with Crippen molar-refractivity contribution in [3.8, 4) is 23.0 Å². The van der Waals surface area contributed by atoms with E-state index < -0.39 is 5.91 Å². The number of oxazole rings is 1. The Labute approximate surface area is 195 Å². The minimum Gasteiger partial charge on any atom is -0.495 e. The zero-order valence-corrected chi connectivity index (χ0v) is 19.4. The number of nitrogens with one attached hydrogen (secondary N) is 1. The van der Waals surface area contributed by atoms with Gasteiger partial charge in [-0.05, 0) is 67.4 Å². The number of carbonyl (C=O) groups excluding carboxylic acids is 1. The molecule has 1 aromatic heterocycles. The summed E-state index contributed by atoms with van der Waals surface area (Å²) >= 11 is 12.3. The van der Waals surface area contributed by atoms with Crippen molar-refractivity contribution < 1.29 is 18.7 Å². The van der Waals surface area contributed by atoms with Crippen molar-refractivity contribution in [3.63, 3.8) is 0 Å². The van der Waals surface area contributed by atoms with Gasteiger partial charge in [0.1, 0.15) is 17.0 Å². The molecule has 0 aliphatic rings. The summed E-state index contributed by atoms with van der Waals surface area (Å²) in [6.07, 6.45) is 0. The first-order chi connectivity index (χ1) is 15.3. The number of halogens is 2. The molecule has 1 N–H and O–H groups in total. The van der Waals surface area contributed by atoms with Crippen molar-refractivity contribution in [2.24, 2.45) is 0 Å². The van der Waals surface area contributed by atoms with Gasteiger partial charge in [0.25, 0.3) is 5.91 Å². The van der Waals surface area contributed by atoms with Crippen LogP contribution in [-0.4, -0.2) is 25.1 Å². The topological polar surface area (TPSA) is 73.6 Å². The van der Waals surface area contributed by atoms with Gasteiger partial charge >= 0.3 is 0 Å². The summed E-state index contributed by atoms with van der Waals surface area (Å²) in [6, 6.07) is 12.2.